The highest BCUT2D eigenvalue weighted by atomic mass is 16.3. The Morgan fingerprint density at radius 3 is 1.67 bits per heavy atom. The van der Waals surface area contributed by atoms with Crippen LogP contribution >= 0.6 is 0 Å². The molecule has 1 N–H and O–H groups in total. The molecule has 0 bridgehead atoms. The molecule has 1 saturated carbocycles. The second kappa shape index (κ2) is 9.83. The zero-order valence-corrected chi connectivity index (χ0v) is 12.6. The van der Waals surface area contributed by atoms with Crippen LogP contribution in [0.1, 0.15) is 103 Å². The van der Waals surface area contributed by atoms with Crippen molar-refractivity contribution in [2.24, 2.45) is 0 Å². The third-order valence-electron chi connectivity index (χ3n) is 4.53. The topological polar surface area (TPSA) is 20.2 Å². The van der Waals surface area contributed by atoms with Crippen molar-refractivity contribution >= 4 is 0 Å². The van der Waals surface area contributed by atoms with Crippen molar-refractivity contribution < 1.29 is 5.11 Å². The summed E-state index contributed by atoms with van der Waals surface area (Å²) in [6.45, 7) is 2.28. The van der Waals surface area contributed by atoms with Gasteiger partial charge in [-0.1, -0.05) is 84.0 Å². The first kappa shape index (κ1) is 16.0. The minimum absolute atomic E-state index is 0.264. The summed E-state index contributed by atoms with van der Waals surface area (Å²) in [6.07, 6.45) is 19.5. The highest BCUT2D eigenvalue weighted by Crippen LogP contribution is 2.33. The van der Waals surface area contributed by atoms with Gasteiger partial charge in [0.1, 0.15) is 0 Å². The second-order valence-corrected chi connectivity index (χ2v) is 6.36. The largest absolute Gasteiger partial charge is 0.390 e. The molecule has 1 heteroatoms. The van der Waals surface area contributed by atoms with E-state index in [9.17, 15) is 5.11 Å². The molecule has 0 saturated heterocycles. The fourth-order valence-electron chi connectivity index (χ4n) is 3.22. The maximum absolute atomic E-state index is 10.2. The lowest BCUT2D eigenvalue weighted by molar-refractivity contribution is 0.0361. The van der Waals surface area contributed by atoms with Crippen LogP contribution in [0.25, 0.3) is 0 Å². The third-order valence-corrected chi connectivity index (χ3v) is 4.53. The molecule has 0 aliphatic heterocycles. The Hall–Kier alpha value is -0.0400. The van der Waals surface area contributed by atoms with Gasteiger partial charge in [0.25, 0.3) is 0 Å². The number of hydrogen-bond acceptors (Lipinski definition) is 1. The summed E-state index contributed by atoms with van der Waals surface area (Å²) in [4.78, 5) is 0. The summed E-state index contributed by atoms with van der Waals surface area (Å²) >= 11 is 0. The molecule has 0 heterocycles. The Labute approximate surface area is 114 Å². The van der Waals surface area contributed by atoms with Crippen LogP contribution in [0, 0.1) is 0 Å². The van der Waals surface area contributed by atoms with Gasteiger partial charge in [0.05, 0.1) is 5.60 Å². The molecule has 0 atom stereocenters. The third kappa shape index (κ3) is 7.41. The molecule has 1 aliphatic carbocycles. The van der Waals surface area contributed by atoms with Crippen LogP contribution in [0.3, 0.4) is 0 Å². The summed E-state index contributed by atoms with van der Waals surface area (Å²) in [7, 11) is 0. The molecule has 1 rings (SSSR count). The lowest BCUT2D eigenvalue weighted by atomic mass is 9.94. The van der Waals surface area contributed by atoms with E-state index in [-0.39, 0.29) is 5.60 Å². The van der Waals surface area contributed by atoms with Crippen molar-refractivity contribution in [2.45, 2.75) is 109 Å². The first-order valence-corrected chi connectivity index (χ1v) is 8.49. The molecule has 1 nitrogen and oxygen atoms in total. The Morgan fingerprint density at radius 2 is 1.17 bits per heavy atom. The van der Waals surface area contributed by atoms with Crippen LogP contribution in [0.2, 0.25) is 0 Å². The molecule has 1 fully saturated rings. The van der Waals surface area contributed by atoms with Crippen LogP contribution in [-0.4, -0.2) is 10.7 Å². The lowest BCUT2D eigenvalue weighted by Crippen LogP contribution is -2.23. The normalized spacial score (nSPS) is 18.3. The van der Waals surface area contributed by atoms with Crippen molar-refractivity contribution in [3.63, 3.8) is 0 Å². The fourth-order valence-corrected chi connectivity index (χ4v) is 3.22. The van der Waals surface area contributed by atoms with Crippen molar-refractivity contribution in [1.29, 1.82) is 0 Å². The van der Waals surface area contributed by atoms with Gasteiger partial charge in [-0.2, -0.15) is 0 Å². The van der Waals surface area contributed by atoms with E-state index in [0.29, 0.717) is 0 Å². The summed E-state index contributed by atoms with van der Waals surface area (Å²) in [6, 6.07) is 0. The van der Waals surface area contributed by atoms with E-state index in [1.807, 2.05) is 0 Å². The average molecular weight is 254 g/mol. The monoisotopic (exact) mass is 254 g/mol. The number of unbranched alkanes of at least 4 members (excludes halogenated alkanes) is 9. The summed E-state index contributed by atoms with van der Waals surface area (Å²) < 4.78 is 0. The SMILES string of the molecule is CCCCCCCCCCCCC1(O)CCCC1. The van der Waals surface area contributed by atoms with Gasteiger partial charge in [-0.3, -0.25) is 0 Å². The quantitative estimate of drug-likeness (QED) is 0.476. The minimum Gasteiger partial charge on any atom is -0.390 e. The van der Waals surface area contributed by atoms with Crippen LogP contribution < -0.4 is 0 Å². The van der Waals surface area contributed by atoms with Crippen LogP contribution in [-0.2, 0) is 0 Å². The molecule has 18 heavy (non-hydrogen) atoms. The summed E-state index contributed by atoms with van der Waals surface area (Å²) in [5, 5.41) is 10.2. The standard InChI is InChI=1S/C17H34O/c1-2-3-4-5-6-7-8-9-10-11-14-17(18)15-12-13-16-17/h18H,2-16H2,1H3. The Morgan fingerprint density at radius 1 is 0.722 bits per heavy atom. The van der Waals surface area contributed by atoms with E-state index in [1.165, 1.54) is 77.0 Å². The molecular formula is C17H34O. The molecule has 108 valence electrons. The Balaban J connectivity index is 1.78. The highest BCUT2D eigenvalue weighted by Gasteiger charge is 2.29. The van der Waals surface area contributed by atoms with E-state index in [1.54, 1.807) is 0 Å². The highest BCUT2D eigenvalue weighted by molar-refractivity contribution is 4.83. The van der Waals surface area contributed by atoms with E-state index in [4.69, 9.17) is 0 Å². The minimum atomic E-state index is -0.264. The first-order valence-electron chi connectivity index (χ1n) is 8.49. The number of aliphatic hydroxyl groups is 1. The maximum atomic E-state index is 10.2. The van der Waals surface area contributed by atoms with Gasteiger partial charge in [-0.15, -0.1) is 0 Å². The Bertz CT molecular complexity index is 182. The van der Waals surface area contributed by atoms with Gasteiger partial charge in [-0.05, 0) is 19.3 Å². The molecule has 0 amide bonds. The predicted molar refractivity (Wildman–Crippen MR) is 79.9 cm³/mol. The molecule has 0 aromatic rings. The zero-order valence-electron chi connectivity index (χ0n) is 12.6. The number of rotatable bonds is 11. The van der Waals surface area contributed by atoms with Crippen LogP contribution in [0.5, 0.6) is 0 Å². The van der Waals surface area contributed by atoms with E-state index < -0.39 is 0 Å². The molecule has 0 spiro atoms. The van der Waals surface area contributed by atoms with Crippen molar-refractivity contribution in [3.05, 3.63) is 0 Å². The molecule has 0 unspecified atom stereocenters. The molecule has 0 radical (unpaired) electrons. The van der Waals surface area contributed by atoms with Crippen molar-refractivity contribution in [3.8, 4) is 0 Å². The maximum Gasteiger partial charge on any atom is 0.0647 e. The summed E-state index contributed by atoms with van der Waals surface area (Å²) in [5.41, 5.74) is -0.264. The lowest BCUT2D eigenvalue weighted by Gasteiger charge is -2.21. The van der Waals surface area contributed by atoms with Gasteiger partial charge >= 0.3 is 0 Å². The van der Waals surface area contributed by atoms with Gasteiger partial charge < -0.3 is 5.11 Å². The van der Waals surface area contributed by atoms with Gasteiger partial charge in [0.2, 0.25) is 0 Å². The smallest absolute Gasteiger partial charge is 0.0647 e. The molecule has 0 aromatic carbocycles. The van der Waals surface area contributed by atoms with E-state index in [0.717, 1.165) is 19.3 Å². The molecule has 1 aliphatic rings. The van der Waals surface area contributed by atoms with Gasteiger partial charge in [0.15, 0.2) is 0 Å². The summed E-state index contributed by atoms with van der Waals surface area (Å²) in [5.74, 6) is 0. The predicted octanol–water partition coefficient (Wildman–Crippen LogP) is 5.60. The van der Waals surface area contributed by atoms with E-state index in [2.05, 4.69) is 6.92 Å². The fraction of sp³-hybridized carbons (Fsp3) is 1.00. The van der Waals surface area contributed by atoms with Gasteiger partial charge in [-0.25, -0.2) is 0 Å². The first-order chi connectivity index (χ1) is 8.77. The Kier molecular flexibility index (Phi) is 8.75. The second-order valence-electron chi connectivity index (χ2n) is 6.36. The molecular weight excluding hydrogens is 220 g/mol. The molecule has 0 aromatic heterocycles. The average Bonchev–Trinajstić information content (AvgIpc) is 2.79. The van der Waals surface area contributed by atoms with Crippen molar-refractivity contribution in [2.75, 3.05) is 0 Å². The van der Waals surface area contributed by atoms with E-state index >= 15 is 0 Å². The number of hydrogen-bond donors (Lipinski definition) is 1. The van der Waals surface area contributed by atoms with Gasteiger partial charge in [0, 0.05) is 0 Å². The zero-order chi connectivity index (χ0) is 13.1. The van der Waals surface area contributed by atoms with Crippen LogP contribution in [0.4, 0.5) is 0 Å². The van der Waals surface area contributed by atoms with Crippen LogP contribution in [0.15, 0.2) is 0 Å². The van der Waals surface area contributed by atoms with Crippen molar-refractivity contribution in [1.82, 2.24) is 0 Å².